The predicted molar refractivity (Wildman–Crippen MR) is 71.4 cm³/mol. The van der Waals surface area contributed by atoms with Crippen LogP contribution in [0.4, 0.5) is 5.69 Å². The van der Waals surface area contributed by atoms with Gasteiger partial charge in [-0.15, -0.1) is 0 Å². The summed E-state index contributed by atoms with van der Waals surface area (Å²) in [5.74, 6) is -0.0617. The Morgan fingerprint density at radius 2 is 2.26 bits per heavy atom. The molecule has 0 heterocycles. The van der Waals surface area contributed by atoms with Crippen LogP contribution >= 0.6 is 15.9 Å². The van der Waals surface area contributed by atoms with Gasteiger partial charge in [0.25, 0.3) is 5.69 Å². The molecular formula is C13H11BrN2O3. The van der Waals surface area contributed by atoms with Crippen molar-refractivity contribution in [1.29, 1.82) is 5.26 Å². The number of hydrogen-bond donors (Lipinski definition) is 0. The van der Waals surface area contributed by atoms with E-state index in [2.05, 4.69) is 22.0 Å². The van der Waals surface area contributed by atoms with E-state index in [0.717, 1.165) is 0 Å². The molecule has 1 atom stereocenters. The van der Waals surface area contributed by atoms with Gasteiger partial charge in [-0.25, -0.2) is 0 Å². The molecule has 6 heteroatoms. The molecule has 0 aromatic heterocycles. The fourth-order valence-electron chi connectivity index (χ4n) is 2.44. The number of nitro benzene ring substituents is 1. The van der Waals surface area contributed by atoms with Crippen LogP contribution in [0.2, 0.25) is 0 Å². The Hall–Kier alpha value is -1.74. The minimum atomic E-state index is -1.02. The molecule has 0 saturated heterocycles. The normalized spacial score (nSPS) is 22.2. The lowest BCUT2D eigenvalue weighted by Crippen LogP contribution is -2.26. The van der Waals surface area contributed by atoms with E-state index in [1.54, 1.807) is 12.1 Å². The van der Waals surface area contributed by atoms with Crippen molar-refractivity contribution < 1.29 is 9.72 Å². The molecule has 0 N–H and O–H groups in total. The fraction of sp³-hybridized carbons (Fsp3) is 0.385. The summed E-state index contributed by atoms with van der Waals surface area (Å²) in [6.45, 7) is 0. The smallest absolute Gasteiger partial charge is 0.283 e. The maximum atomic E-state index is 11.9. The maximum Gasteiger partial charge on any atom is 0.283 e. The number of ketones is 1. The third-order valence-corrected chi connectivity index (χ3v) is 4.42. The molecule has 0 radical (unpaired) electrons. The summed E-state index contributed by atoms with van der Waals surface area (Å²) in [4.78, 5) is 22.3. The number of hydrogen-bond acceptors (Lipinski definition) is 4. The molecule has 0 amide bonds. The van der Waals surface area contributed by atoms with Gasteiger partial charge >= 0.3 is 0 Å². The summed E-state index contributed by atoms with van der Waals surface area (Å²) in [5.41, 5.74) is -0.431. The van der Waals surface area contributed by atoms with Crippen molar-refractivity contribution in [3.63, 3.8) is 0 Å². The molecule has 0 bridgehead atoms. The van der Waals surface area contributed by atoms with E-state index in [9.17, 15) is 20.2 Å². The van der Waals surface area contributed by atoms with Crippen LogP contribution in [0.1, 0.15) is 24.8 Å². The second kappa shape index (κ2) is 5.10. The number of benzene rings is 1. The van der Waals surface area contributed by atoms with Gasteiger partial charge in [0.15, 0.2) is 5.78 Å². The van der Waals surface area contributed by atoms with Crippen LogP contribution in [0.25, 0.3) is 0 Å². The van der Waals surface area contributed by atoms with Crippen LogP contribution in [0, 0.1) is 26.9 Å². The Kier molecular flexibility index (Phi) is 3.67. The average molecular weight is 323 g/mol. The Labute approximate surface area is 118 Å². The van der Waals surface area contributed by atoms with Crippen molar-refractivity contribution in [3.05, 3.63) is 38.3 Å². The molecule has 1 aromatic rings. The lowest BCUT2D eigenvalue weighted by Gasteiger charge is -2.19. The van der Waals surface area contributed by atoms with Crippen molar-refractivity contribution in [2.24, 2.45) is 5.41 Å². The molecular weight excluding hydrogens is 312 g/mol. The Morgan fingerprint density at radius 1 is 1.53 bits per heavy atom. The van der Waals surface area contributed by atoms with Gasteiger partial charge in [-0.3, -0.25) is 14.9 Å². The van der Waals surface area contributed by atoms with Gasteiger partial charge in [0.2, 0.25) is 0 Å². The van der Waals surface area contributed by atoms with Crippen LogP contribution < -0.4 is 0 Å². The highest BCUT2D eigenvalue weighted by Crippen LogP contribution is 2.40. The van der Waals surface area contributed by atoms with Crippen molar-refractivity contribution in [1.82, 2.24) is 0 Å². The monoisotopic (exact) mass is 322 g/mol. The van der Waals surface area contributed by atoms with Gasteiger partial charge in [0.1, 0.15) is 5.41 Å². The fourth-order valence-corrected chi connectivity index (χ4v) is 2.99. The van der Waals surface area contributed by atoms with Gasteiger partial charge in [0.05, 0.1) is 15.5 Å². The average Bonchev–Trinajstić information content (AvgIpc) is 2.73. The minimum absolute atomic E-state index is 0.0453. The van der Waals surface area contributed by atoms with E-state index < -0.39 is 10.3 Å². The summed E-state index contributed by atoms with van der Waals surface area (Å²) >= 11 is 3.20. The SMILES string of the molecule is N#CC1(Cc2cccc([N+](=O)[O-])c2Br)CCCC1=O. The molecule has 0 spiro atoms. The van der Waals surface area contributed by atoms with Gasteiger partial charge < -0.3 is 0 Å². The molecule has 1 aliphatic carbocycles. The zero-order valence-electron chi connectivity index (χ0n) is 10.1. The molecule has 1 saturated carbocycles. The first kappa shape index (κ1) is 13.7. The van der Waals surface area contributed by atoms with Crippen LogP contribution in [-0.4, -0.2) is 10.7 Å². The highest BCUT2D eigenvalue weighted by Gasteiger charge is 2.43. The Balaban J connectivity index is 2.39. The van der Waals surface area contributed by atoms with Crippen molar-refractivity contribution >= 4 is 27.4 Å². The topological polar surface area (TPSA) is 84.0 Å². The summed E-state index contributed by atoms with van der Waals surface area (Å²) in [6.07, 6.45) is 1.88. The number of nitro groups is 1. The first-order chi connectivity index (χ1) is 9.00. The first-order valence-corrected chi connectivity index (χ1v) is 6.66. The van der Waals surface area contributed by atoms with Gasteiger partial charge in [-0.2, -0.15) is 5.26 Å². The number of nitriles is 1. The second-order valence-corrected chi connectivity index (χ2v) is 5.45. The molecule has 1 unspecified atom stereocenters. The molecule has 1 aromatic carbocycles. The molecule has 0 aliphatic heterocycles. The van der Waals surface area contributed by atoms with E-state index in [1.165, 1.54) is 6.07 Å². The summed E-state index contributed by atoms with van der Waals surface area (Å²) in [5, 5.41) is 20.2. The van der Waals surface area contributed by atoms with Crippen molar-refractivity contribution in [2.75, 3.05) is 0 Å². The van der Waals surface area contributed by atoms with Crippen molar-refractivity contribution in [3.8, 4) is 6.07 Å². The highest BCUT2D eigenvalue weighted by molar-refractivity contribution is 9.10. The van der Waals surface area contributed by atoms with Gasteiger partial charge in [-0.05, 0) is 40.8 Å². The Morgan fingerprint density at radius 3 is 2.79 bits per heavy atom. The lowest BCUT2D eigenvalue weighted by atomic mass is 9.80. The number of nitrogens with zero attached hydrogens (tertiary/aromatic N) is 2. The van der Waals surface area contributed by atoms with Crippen molar-refractivity contribution in [2.45, 2.75) is 25.7 Å². The molecule has 1 aliphatic rings. The number of carbonyl (C=O) groups excluding carboxylic acids is 1. The number of Topliss-reactive ketones (excluding diaryl/α,β-unsaturated/α-hetero) is 1. The standard InChI is InChI=1S/C13H11BrN2O3/c14-12-9(3-1-4-10(12)16(18)19)7-13(8-15)6-2-5-11(13)17/h1,3-4H,2,5-7H2. The van der Waals surface area contributed by atoms with E-state index in [4.69, 9.17) is 0 Å². The van der Waals surface area contributed by atoms with Crippen LogP contribution in [0.3, 0.4) is 0 Å². The van der Waals surface area contributed by atoms with E-state index >= 15 is 0 Å². The first-order valence-electron chi connectivity index (χ1n) is 5.86. The molecule has 5 nitrogen and oxygen atoms in total. The third kappa shape index (κ3) is 2.38. The minimum Gasteiger partial charge on any atom is -0.298 e. The number of rotatable bonds is 3. The number of halogens is 1. The largest absolute Gasteiger partial charge is 0.298 e. The van der Waals surface area contributed by atoms with Gasteiger partial charge in [-0.1, -0.05) is 12.1 Å². The second-order valence-electron chi connectivity index (χ2n) is 4.65. The molecule has 2 rings (SSSR count). The highest BCUT2D eigenvalue weighted by atomic mass is 79.9. The van der Waals surface area contributed by atoms with Crippen LogP contribution in [-0.2, 0) is 11.2 Å². The molecule has 19 heavy (non-hydrogen) atoms. The van der Waals surface area contributed by atoms with Gasteiger partial charge in [0, 0.05) is 12.5 Å². The van der Waals surface area contributed by atoms with Crippen LogP contribution in [0.15, 0.2) is 22.7 Å². The summed E-state index contributed by atoms with van der Waals surface area (Å²) in [6, 6.07) is 6.79. The zero-order valence-corrected chi connectivity index (χ0v) is 11.6. The Bertz CT molecular complexity index is 594. The number of carbonyl (C=O) groups is 1. The van der Waals surface area contributed by atoms with E-state index in [0.29, 0.717) is 29.3 Å². The maximum absolute atomic E-state index is 11.9. The quantitative estimate of drug-likeness (QED) is 0.632. The summed E-state index contributed by atoms with van der Waals surface area (Å²) < 4.78 is 0.356. The summed E-state index contributed by atoms with van der Waals surface area (Å²) in [7, 11) is 0. The predicted octanol–water partition coefficient (Wildman–Crippen LogP) is 3.16. The molecule has 98 valence electrons. The lowest BCUT2D eigenvalue weighted by molar-refractivity contribution is -0.385. The zero-order chi connectivity index (χ0) is 14.0. The molecule has 1 fully saturated rings. The van der Waals surface area contributed by atoms with Crippen LogP contribution in [0.5, 0.6) is 0 Å². The third-order valence-electron chi connectivity index (χ3n) is 3.50. The van der Waals surface area contributed by atoms with E-state index in [-0.39, 0.29) is 17.9 Å². The van der Waals surface area contributed by atoms with E-state index in [1.807, 2.05) is 0 Å².